The summed E-state index contributed by atoms with van der Waals surface area (Å²) in [6.07, 6.45) is -9.11. The Morgan fingerprint density at radius 2 is 1.24 bits per heavy atom. The van der Waals surface area contributed by atoms with Gasteiger partial charge in [0, 0.05) is 37.4 Å². The van der Waals surface area contributed by atoms with Gasteiger partial charge in [0.15, 0.2) is 6.29 Å². The predicted molar refractivity (Wildman–Crippen MR) is 138 cm³/mol. The molecule has 0 saturated carbocycles. The van der Waals surface area contributed by atoms with E-state index in [1.807, 2.05) is 0 Å². The summed E-state index contributed by atoms with van der Waals surface area (Å²) in [6.45, 7) is -1.11. The lowest BCUT2D eigenvalue weighted by Gasteiger charge is -2.40. The van der Waals surface area contributed by atoms with E-state index in [4.69, 9.17) is 9.47 Å². The van der Waals surface area contributed by atoms with Gasteiger partial charge >= 0.3 is 0 Å². The summed E-state index contributed by atoms with van der Waals surface area (Å²) in [7, 11) is 0. The number of carbonyl (C=O) groups is 2. The van der Waals surface area contributed by atoms with E-state index in [0.717, 1.165) is 0 Å². The fourth-order valence-electron chi connectivity index (χ4n) is 3.96. The molecule has 1 saturated heterocycles. The molecule has 0 bridgehead atoms. The molecular formula is C25H30N4O12. The summed E-state index contributed by atoms with van der Waals surface area (Å²) in [5.41, 5.74) is 0.727. The second-order valence-corrected chi connectivity index (χ2v) is 9.26. The molecule has 6 N–H and O–H groups in total. The number of aliphatic hydroxyl groups is 4. The normalized spacial score (nSPS) is 22.2. The largest absolute Gasteiger partial charge is 0.394 e. The van der Waals surface area contributed by atoms with Gasteiger partial charge in [-0.2, -0.15) is 0 Å². The maximum Gasteiger partial charge on any atom is 0.269 e. The number of benzene rings is 2. The standard InChI is InChI=1S/C25H30N4O12/c30-13-19-22(33)23(34)24(35)25(41-19)40-18(11-26-20(31)9-14-1-5-16(6-2-14)28(36)37)12-27-21(32)10-15-3-7-17(8-4-15)29(38)39/h1-8,18-19,22-25,30,33-35H,9-13H2,(H,26,31)(H,27,32)/t19-,22-,23+,24+,25+/m1/s1. The number of nitro groups is 2. The fraction of sp³-hybridized carbons (Fsp3) is 0.440. The van der Waals surface area contributed by atoms with Crippen molar-refractivity contribution >= 4 is 23.2 Å². The number of hydrogen-bond acceptors (Lipinski definition) is 12. The molecule has 2 aromatic carbocycles. The van der Waals surface area contributed by atoms with Crippen LogP contribution in [0, 0.1) is 20.2 Å². The second kappa shape index (κ2) is 14.5. The van der Waals surface area contributed by atoms with E-state index in [9.17, 15) is 50.2 Å². The third-order valence-electron chi connectivity index (χ3n) is 6.25. The Balaban J connectivity index is 1.63. The minimum absolute atomic E-state index is 0.128. The van der Waals surface area contributed by atoms with Crippen molar-refractivity contribution in [2.75, 3.05) is 19.7 Å². The summed E-state index contributed by atoms with van der Waals surface area (Å²) in [6, 6.07) is 10.7. The first-order chi connectivity index (χ1) is 19.5. The lowest BCUT2D eigenvalue weighted by Crippen LogP contribution is -2.60. The Morgan fingerprint density at radius 3 is 1.63 bits per heavy atom. The van der Waals surface area contributed by atoms with E-state index in [0.29, 0.717) is 11.1 Å². The molecule has 1 aliphatic heterocycles. The quantitative estimate of drug-likeness (QED) is 0.120. The van der Waals surface area contributed by atoms with Gasteiger partial charge in [-0.1, -0.05) is 24.3 Å². The van der Waals surface area contributed by atoms with Crippen LogP contribution in [0.1, 0.15) is 11.1 Å². The third-order valence-corrected chi connectivity index (χ3v) is 6.25. The fourth-order valence-corrected chi connectivity index (χ4v) is 3.96. The average molecular weight is 579 g/mol. The number of ether oxygens (including phenoxy) is 2. The summed E-state index contributed by atoms with van der Waals surface area (Å²) < 4.78 is 11.1. The van der Waals surface area contributed by atoms with Crippen molar-refractivity contribution in [3.8, 4) is 0 Å². The number of hydrogen-bond donors (Lipinski definition) is 6. The Morgan fingerprint density at radius 1 is 0.805 bits per heavy atom. The van der Waals surface area contributed by atoms with Crippen molar-refractivity contribution in [1.82, 2.24) is 10.6 Å². The molecular weight excluding hydrogens is 548 g/mol. The maximum atomic E-state index is 12.5. The average Bonchev–Trinajstić information content (AvgIpc) is 2.95. The maximum absolute atomic E-state index is 12.5. The number of nitro benzene ring substituents is 2. The first-order valence-electron chi connectivity index (χ1n) is 12.4. The highest BCUT2D eigenvalue weighted by molar-refractivity contribution is 5.79. The van der Waals surface area contributed by atoms with Crippen LogP contribution in [0.4, 0.5) is 11.4 Å². The van der Waals surface area contributed by atoms with Gasteiger partial charge < -0.3 is 40.5 Å². The highest BCUT2D eigenvalue weighted by Crippen LogP contribution is 2.23. The Hall–Kier alpha value is -4.06. The number of aliphatic hydroxyl groups excluding tert-OH is 4. The Bertz CT molecular complexity index is 1130. The minimum atomic E-state index is -1.72. The predicted octanol–water partition coefficient (Wildman–Crippen LogP) is -1.29. The zero-order chi connectivity index (χ0) is 30.1. The summed E-state index contributed by atoms with van der Waals surface area (Å²) in [4.78, 5) is 45.5. The lowest BCUT2D eigenvalue weighted by molar-refractivity contribution is -0.385. The van der Waals surface area contributed by atoms with E-state index < -0.39 is 65.1 Å². The molecule has 1 fully saturated rings. The molecule has 0 unspecified atom stereocenters. The van der Waals surface area contributed by atoms with E-state index in [-0.39, 0.29) is 37.3 Å². The molecule has 0 aromatic heterocycles. The molecule has 5 atom stereocenters. The zero-order valence-electron chi connectivity index (χ0n) is 21.6. The first-order valence-corrected chi connectivity index (χ1v) is 12.4. The van der Waals surface area contributed by atoms with Gasteiger partial charge in [0.2, 0.25) is 11.8 Å². The summed E-state index contributed by atoms with van der Waals surface area (Å²) in [5, 5.41) is 66.6. The molecule has 222 valence electrons. The van der Waals surface area contributed by atoms with Crippen LogP contribution in [0.15, 0.2) is 48.5 Å². The Labute approximate surface area is 232 Å². The van der Waals surface area contributed by atoms with Gasteiger partial charge in [0.25, 0.3) is 11.4 Å². The first kappa shape index (κ1) is 31.5. The third kappa shape index (κ3) is 8.97. The molecule has 2 aromatic rings. The van der Waals surface area contributed by atoms with E-state index in [1.54, 1.807) is 0 Å². The van der Waals surface area contributed by atoms with Crippen LogP contribution in [0.2, 0.25) is 0 Å². The monoisotopic (exact) mass is 578 g/mol. The number of nitrogens with zero attached hydrogens (tertiary/aromatic N) is 2. The summed E-state index contributed by atoms with van der Waals surface area (Å²) in [5.74, 6) is -0.975. The molecule has 1 aliphatic rings. The molecule has 0 radical (unpaired) electrons. The van der Waals surface area contributed by atoms with Gasteiger partial charge in [-0.05, 0) is 11.1 Å². The van der Waals surface area contributed by atoms with Crippen LogP contribution in [0.25, 0.3) is 0 Å². The summed E-state index contributed by atoms with van der Waals surface area (Å²) >= 11 is 0. The van der Waals surface area contributed by atoms with Gasteiger partial charge in [-0.25, -0.2) is 0 Å². The van der Waals surface area contributed by atoms with E-state index >= 15 is 0 Å². The number of nitrogens with one attached hydrogen (secondary N) is 2. The second-order valence-electron chi connectivity index (χ2n) is 9.26. The van der Waals surface area contributed by atoms with Crippen LogP contribution in [0.3, 0.4) is 0 Å². The van der Waals surface area contributed by atoms with Gasteiger partial charge in [0.05, 0.1) is 35.4 Å². The number of amides is 2. The topological polar surface area (TPSA) is 244 Å². The number of non-ortho nitro benzene ring substituents is 2. The van der Waals surface area contributed by atoms with Crippen LogP contribution in [0.5, 0.6) is 0 Å². The number of rotatable bonds is 13. The molecule has 1 heterocycles. The van der Waals surface area contributed by atoms with Crippen LogP contribution in [-0.2, 0) is 31.9 Å². The van der Waals surface area contributed by atoms with Crippen LogP contribution in [-0.4, -0.2) is 98.6 Å². The lowest BCUT2D eigenvalue weighted by atomic mass is 9.99. The molecule has 0 spiro atoms. The van der Waals surface area contributed by atoms with Crippen molar-refractivity contribution in [1.29, 1.82) is 0 Å². The molecule has 2 amide bonds. The smallest absolute Gasteiger partial charge is 0.269 e. The van der Waals surface area contributed by atoms with Gasteiger partial charge in [0.1, 0.15) is 24.4 Å². The highest BCUT2D eigenvalue weighted by atomic mass is 16.7. The van der Waals surface area contributed by atoms with Crippen molar-refractivity contribution in [3.05, 3.63) is 79.9 Å². The van der Waals surface area contributed by atoms with Crippen molar-refractivity contribution in [3.63, 3.8) is 0 Å². The van der Waals surface area contributed by atoms with Crippen molar-refractivity contribution < 1.29 is 49.3 Å². The van der Waals surface area contributed by atoms with Crippen molar-refractivity contribution in [2.45, 2.75) is 49.7 Å². The molecule has 3 rings (SSSR count). The van der Waals surface area contributed by atoms with Crippen LogP contribution >= 0.6 is 0 Å². The molecule has 0 aliphatic carbocycles. The highest BCUT2D eigenvalue weighted by Gasteiger charge is 2.44. The van der Waals surface area contributed by atoms with E-state index in [2.05, 4.69) is 10.6 Å². The molecule has 16 heteroatoms. The Kier molecular flexibility index (Phi) is 11.2. The van der Waals surface area contributed by atoms with Gasteiger partial charge in [-0.3, -0.25) is 29.8 Å². The van der Waals surface area contributed by atoms with Crippen LogP contribution < -0.4 is 10.6 Å². The minimum Gasteiger partial charge on any atom is -0.394 e. The molecule has 41 heavy (non-hydrogen) atoms. The number of carbonyl (C=O) groups excluding carboxylic acids is 2. The van der Waals surface area contributed by atoms with Gasteiger partial charge in [-0.15, -0.1) is 0 Å². The van der Waals surface area contributed by atoms with Crippen molar-refractivity contribution in [2.24, 2.45) is 0 Å². The zero-order valence-corrected chi connectivity index (χ0v) is 21.6. The SMILES string of the molecule is O=C(Cc1ccc([N+](=O)[O-])cc1)NCC(CNC(=O)Cc1ccc([N+](=O)[O-])cc1)O[C@H]1O[C@H](CO)[C@@H](O)[C@H](O)[C@@H]1O. The molecule has 16 nitrogen and oxygen atoms in total. The van der Waals surface area contributed by atoms with E-state index in [1.165, 1.54) is 48.5 Å².